The number of hydrogen-bond donors (Lipinski definition) is 2. The van der Waals surface area contributed by atoms with Crippen LogP contribution >= 0.6 is 11.8 Å². The fraction of sp³-hybridized carbons (Fsp3) is 0.583. The number of rotatable bonds is 7. The van der Waals surface area contributed by atoms with E-state index in [4.69, 9.17) is 12.2 Å². The summed E-state index contributed by atoms with van der Waals surface area (Å²) in [6.07, 6.45) is 6.23. The largest absolute Gasteiger partial charge is 0.394 e. The van der Waals surface area contributed by atoms with E-state index in [9.17, 15) is 0 Å². The van der Waals surface area contributed by atoms with Crippen molar-refractivity contribution in [2.45, 2.75) is 26.8 Å². The molecule has 0 bridgehead atoms. The van der Waals surface area contributed by atoms with Crippen LogP contribution in [-0.2, 0) is 6.54 Å². The zero-order valence-electron chi connectivity index (χ0n) is 10.5. The molecule has 1 aromatic rings. The maximum absolute atomic E-state index is 5.99. The van der Waals surface area contributed by atoms with E-state index in [0.29, 0.717) is 0 Å². The second kappa shape index (κ2) is 7.13. The molecule has 0 amide bonds. The van der Waals surface area contributed by atoms with Crippen LogP contribution in [0.15, 0.2) is 0 Å². The van der Waals surface area contributed by atoms with Gasteiger partial charge in [-0.3, -0.25) is 0 Å². The summed E-state index contributed by atoms with van der Waals surface area (Å²) in [5.74, 6) is 5.27. The highest BCUT2D eigenvalue weighted by Crippen LogP contribution is 2.22. The van der Waals surface area contributed by atoms with Crippen LogP contribution in [0.1, 0.15) is 19.0 Å². The van der Waals surface area contributed by atoms with E-state index < -0.39 is 0 Å². The maximum atomic E-state index is 5.99. The first-order chi connectivity index (χ1) is 8.20. The molecule has 5 heteroatoms. The summed E-state index contributed by atoms with van der Waals surface area (Å²) in [4.78, 5) is 0. The average molecular weight is 252 g/mol. The smallest absolute Gasteiger partial charge is 0.148 e. The van der Waals surface area contributed by atoms with Gasteiger partial charge in [0.2, 0.25) is 0 Å². The molecule has 0 aliphatic carbocycles. The molecular weight excluding hydrogens is 232 g/mol. The predicted molar refractivity (Wildman–Crippen MR) is 76.3 cm³/mol. The number of thioether (sulfide) groups is 1. The summed E-state index contributed by atoms with van der Waals surface area (Å²) in [6, 6.07) is 0. The number of nitrogen functional groups attached to an aromatic ring is 1. The fourth-order valence-corrected chi connectivity index (χ4v) is 2.04. The van der Waals surface area contributed by atoms with Gasteiger partial charge in [-0.05, 0) is 13.3 Å². The van der Waals surface area contributed by atoms with Crippen molar-refractivity contribution in [3.8, 4) is 12.3 Å². The standard InChI is InChI=1S/C12H20N4S/c1-4-7-16-12(11(13)10(3)15-16)14-6-9-17-8-5-2/h2,14H,4,6-9,13H2,1,3H3. The minimum absolute atomic E-state index is 0.750. The lowest BCUT2D eigenvalue weighted by Gasteiger charge is -2.09. The molecule has 0 atom stereocenters. The highest BCUT2D eigenvalue weighted by atomic mass is 32.2. The third-order valence-electron chi connectivity index (χ3n) is 2.33. The topological polar surface area (TPSA) is 55.9 Å². The Bertz CT molecular complexity index is 392. The molecule has 0 saturated carbocycles. The molecule has 0 saturated heterocycles. The van der Waals surface area contributed by atoms with Gasteiger partial charge in [-0.1, -0.05) is 12.8 Å². The van der Waals surface area contributed by atoms with Gasteiger partial charge in [-0.15, -0.1) is 18.2 Å². The SMILES string of the molecule is C#CCSCCNc1c(N)c(C)nn1CCC. The quantitative estimate of drug-likeness (QED) is 0.575. The lowest BCUT2D eigenvalue weighted by atomic mass is 10.4. The molecule has 0 aliphatic heterocycles. The van der Waals surface area contributed by atoms with E-state index in [1.54, 1.807) is 11.8 Å². The number of aryl methyl sites for hydroxylation is 2. The molecule has 0 aliphatic rings. The zero-order chi connectivity index (χ0) is 12.7. The van der Waals surface area contributed by atoms with E-state index in [0.717, 1.165) is 48.2 Å². The van der Waals surface area contributed by atoms with Gasteiger partial charge in [0.15, 0.2) is 0 Å². The van der Waals surface area contributed by atoms with Crippen LogP contribution < -0.4 is 11.1 Å². The molecule has 0 radical (unpaired) electrons. The van der Waals surface area contributed by atoms with Crippen LogP contribution in [0.4, 0.5) is 11.5 Å². The van der Waals surface area contributed by atoms with Crippen molar-refractivity contribution < 1.29 is 0 Å². The minimum Gasteiger partial charge on any atom is -0.394 e. The van der Waals surface area contributed by atoms with E-state index in [2.05, 4.69) is 23.3 Å². The Morgan fingerprint density at radius 1 is 1.59 bits per heavy atom. The number of hydrogen-bond acceptors (Lipinski definition) is 4. The van der Waals surface area contributed by atoms with Crippen molar-refractivity contribution in [3.63, 3.8) is 0 Å². The van der Waals surface area contributed by atoms with Crippen LogP contribution in [0.5, 0.6) is 0 Å². The summed E-state index contributed by atoms with van der Waals surface area (Å²) in [7, 11) is 0. The van der Waals surface area contributed by atoms with Gasteiger partial charge in [-0.25, -0.2) is 4.68 Å². The average Bonchev–Trinajstić information content (AvgIpc) is 2.57. The second-order valence-corrected chi connectivity index (χ2v) is 4.86. The van der Waals surface area contributed by atoms with Crippen molar-refractivity contribution in [2.75, 3.05) is 29.1 Å². The third kappa shape index (κ3) is 3.90. The van der Waals surface area contributed by atoms with Crippen LogP contribution in [0.3, 0.4) is 0 Å². The van der Waals surface area contributed by atoms with E-state index in [-0.39, 0.29) is 0 Å². The number of nitrogens with two attached hydrogens (primary N) is 1. The summed E-state index contributed by atoms with van der Waals surface area (Å²) in [6.45, 7) is 5.79. The highest BCUT2D eigenvalue weighted by Gasteiger charge is 2.10. The molecule has 0 fully saturated rings. The van der Waals surface area contributed by atoms with Gasteiger partial charge in [0, 0.05) is 18.8 Å². The summed E-state index contributed by atoms with van der Waals surface area (Å²) < 4.78 is 1.94. The molecule has 3 N–H and O–H groups in total. The third-order valence-corrected chi connectivity index (χ3v) is 3.20. The summed E-state index contributed by atoms with van der Waals surface area (Å²) in [5, 5.41) is 7.74. The van der Waals surface area contributed by atoms with Crippen molar-refractivity contribution >= 4 is 23.3 Å². The fourth-order valence-electron chi connectivity index (χ4n) is 1.53. The van der Waals surface area contributed by atoms with Crippen LogP contribution in [0, 0.1) is 19.3 Å². The van der Waals surface area contributed by atoms with Gasteiger partial charge in [0.05, 0.1) is 17.1 Å². The Labute approximate surface area is 107 Å². The Morgan fingerprint density at radius 3 is 3.00 bits per heavy atom. The van der Waals surface area contributed by atoms with E-state index in [1.165, 1.54) is 0 Å². The normalized spacial score (nSPS) is 10.2. The number of nitrogens with one attached hydrogen (secondary N) is 1. The van der Waals surface area contributed by atoms with E-state index >= 15 is 0 Å². The second-order valence-electron chi connectivity index (χ2n) is 3.75. The van der Waals surface area contributed by atoms with Crippen molar-refractivity contribution in [1.29, 1.82) is 0 Å². The molecule has 17 heavy (non-hydrogen) atoms. The molecular formula is C12H20N4S. The van der Waals surface area contributed by atoms with Crippen LogP contribution in [0.2, 0.25) is 0 Å². The summed E-state index contributed by atoms with van der Waals surface area (Å²) in [5.41, 5.74) is 7.63. The molecule has 4 nitrogen and oxygen atoms in total. The van der Waals surface area contributed by atoms with Crippen molar-refractivity contribution in [2.24, 2.45) is 0 Å². The predicted octanol–water partition coefficient (Wildman–Crippen LogP) is 1.96. The number of anilines is 2. The lowest BCUT2D eigenvalue weighted by Crippen LogP contribution is -2.11. The van der Waals surface area contributed by atoms with E-state index in [1.807, 2.05) is 11.6 Å². The molecule has 0 aromatic carbocycles. The van der Waals surface area contributed by atoms with Crippen LogP contribution in [0.25, 0.3) is 0 Å². The molecule has 0 spiro atoms. The zero-order valence-corrected chi connectivity index (χ0v) is 11.3. The highest BCUT2D eigenvalue weighted by molar-refractivity contribution is 7.99. The first kappa shape index (κ1) is 13.8. The molecule has 94 valence electrons. The first-order valence-corrected chi connectivity index (χ1v) is 6.94. The monoisotopic (exact) mass is 252 g/mol. The Balaban J connectivity index is 2.54. The Kier molecular flexibility index (Phi) is 5.78. The molecule has 1 rings (SSSR count). The van der Waals surface area contributed by atoms with Gasteiger partial charge in [-0.2, -0.15) is 5.10 Å². The Hall–Kier alpha value is -1.28. The van der Waals surface area contributed by atoms with Crippen molar-refractivity contribution in [3.05, 3.63) is 5.69 Å². The molecule has 1 aromatic heterocycles. The molecule has 0 unspecified atom stereocenters. The molecule has 1 heterocycles. The number of terminal acetylenes is 1. The minimum atomic E-state index is 0.750. The van der Waals surface area contributed by atoms with Gasteiger partial charge >= 0.3 is 0 Å². The lowest BCUT2D eigenvalue weighted by molar-refractivity contribution is 0.603. The van der Waals surface area contributed by atoms with Crippen LogP contribution in [-0.4, -0.2) is 27.8 Å². The van der Waals surface area contributed by atoms with Gasteiger partial charge < -0.3 is 11.1 Å². The first-order valence-electron chi connectivity index (χ1n) is 5.78. The van der Waals surface area contributed by atoms with Gasteiger partial charge in [0.25, 0.3) is 0 Å². The Morgan fingerprint density at radius 2 is 2.35 bits per heavy atom. The number of aromatic nitrogens is 2. The maximum Gasteiger partial charge on any atom is 0.148 e. The van der Waals surface area contributed by atoms with Crippen molar-refractivity contribution in [1.82, 2.24) is 9.78 Å². The summed E-state index contributed by atoms with van der Waals surface area (Å²) >= 11 is 1.74. The number of nitrogens with zero attached hydrogens (tertiary/aromatic N) is 2. The van der Waals surface area contributed by atoms with Gasteiger partial charge in [0.1, 0.15) is 5.82 Å².